The molecule has 0 bridgehead atoms. The summed E-state index contributed by atoms with van der Waals surface area (Å²) in [4.78, 5) is 32.7. The number of benzene rings is 3. The van der Waals surface area contributed by atoms with E-state index in [1.807, 2.05) is 30.1 Å². The van der Waals surface area contributed by atoms with Crippen molar-refractivity contribution in [3.05, 3.63) is 94.3 Å². The molecule has 1 heterocycles. The van der Waals surface area contributed by atoms with Crippen molar-refractivity contribution < 1.29 is 14.0 Å². The Bertz CT molecular complexity index is 1350. The lowest BCUT2D eigenvalue weighted by Crippen LogP contribution is -2.35. The minimum Gasteiger partial charge on any atom is -0.322 e. The fraction of sp³-hybridized carbons (Fsp3) is 0.276. The lowest BCUT2D eigenvalue weighted by atomic mass is 9.76. The Morgan fingerprint density at radius 2 is 1.83 bits per heavy atom. The largest absolute Gasteiger partial charge is 0.322 e. The molecule has 1 N–H and O–H groups in total. The minimum atomic E-state index is -0.542. The van der Waals surface area contributed by atoms with Gasteiger partial charge in [0.1, 0.15) is 5.82 Å². The predicted octanol–water partition coefficient (Wildman–Crippen LogP) is 6.57. The second-order valence-electron chi connectivity index (χ2n) is 9.47. The number of halogens is 2. The molecule has 184 valence electrons. The van der Waals surface area contributed by atoms with E-state index in [0.717, 1.165) is 43.9 Å². The number of fused-ring (bicyclic) bond motifs is 1. The van der Waals surface area contributed by atoms with Gasteiger partial charge in [-0.1, -0.05) is 29.8 Å². The van der Waals surface area contributed by atoms with Crippen molar-refractivity contribution in [1.29, 1.82) is 0 Å². The van der Waals surface area contributed by atoms with Gasteiger partial charge in [0.05, 0.1) is 10.6 Å². The first-order chi connectivity index (χ1) is 17.4. The Balaban J connectivity index is 1.37. The van der Waals surface area contributed by atoms with E-state index in [1.165, 1.54) is 23.4 Å². The number of amides is 2. The summed E-state index contributed by atoms with van der Waals surface area (Å²) < 4.78 is 13.6. The van der Waals surface area contributed by atoms with Gasteiger partial charge in [-0.25, -0.2) is 4.39 Å². The SMILES string of the molecule is C/N=C1\CCCC12CCN(C(=O)c1ccc(NC(=O)c3cc(F)ccc3Cl)cc1)c1ccccc1C2. The highest BCUT2D eigenvalue weighted by Crippen LogP contribution is 2.46. The summed E-state index contributed by atoms with van der Waals surface area (Å²) in [6, 6.07) is 18.5. The number of rotatable bonds is 3. The van der Waals surface area contributed by atoms with Crippen LogP contribution in [0, 0.1) is 11.2 Å². The third-order valence-corrected chi connectivity index (χ3v) is 7.71. The first-order valence-electron chi connectivity index (χ1n) is 12.1. The number of anilines is 2. The van der Waals surface area contributed by atoms with Gasteiger partial charge < -0.3 is 10.2 Å². The number of carbonyl (C=O) groups is 2. The van der Waals surface area contributed by atoms with Gasteiger partial charge >= 0.3 is 0 Å². The molecule has 1 fully saturated rings. The van der Waals surface area contributed by atoms with Crippen LogP contribution in [0.15, 0.2) is 71.7 Å². The first-order valence-corrected chi connectivity index (χ1v) is 12.5. The maximum absolute atomic E-state index is 13.7. The number of nitrogens with zero attached hydrogens (tertiary/aromatic N) is 2. The van der Waals surface area contributed by atoms with Crippen LogP contribution in [0.2, 0.25) is 5.02 Å². The predicted molar refractivity (Wildman–Crippen MR) is 142 cm³/mol. The quantitative estimate of drug-likeness (QED) is 0.439. The Kier molecular flexibility index (Phi) is 6.63. The van der Waals surface area contributed by atoms with Crippen molar-refractivity contribution in [2.75, 3.05) is 23.8 Å². The van der Waals surface area contributed by atoms with Crippen LogP contribution in [0.5, 0.6) is 0 Å². The van der Waals surface area contributed by atoms with Crippen molar-refractivity contribution >= 4 is 40.5 Å². The summed E-state index contributed by atoms with van der Waals surface area (Å²) >= 11 is 6.04. The lowest BCUT2D eigenvalue weighted by molar-refractivity contribution is 0.0984. The van der Waals surface area contributed by atoms with Crippen LogP contribution in [0.25, 0.3) is 0 Å². The summed E-state index contributed by atoms with van der Waals surface area (Å²) in [7, 11) is 1.88. The lowest BCUT2D eigenvalue weighted by Gasteiger charge is -2.29. The molecular formula is C29H27ClFN3O2. The number of aliphatic imine (C=N–C) groups is 1. The summed E-state index contributed by atoms with van der Waals surface area (Å²) in [6.07, 6.45) is 5.03. The van der Waals surface area contributed by atoms with E-state index < -0.39 is 11.7 Å². The molecule has 0 aromatic heterocycles. The van der Waals surface area contributed by atoms with Crippen LogP contribution in [0.4, 0.5) is 15.8 Å². The Hall–Kier alpha value is -3.51. The van der Waals surface area contributed by atoms with Crippen LogP contribution in [-0.2, 0) is 6.42 Å². The van der Waals surface area contributed by atoms with Crippen molar-refractivity contribution in [3.8, 4) is 0 Å². The van der Waals surface area contributed by atoms with Crippen LogP contribution in [0.3, 0.4) is 0 Å². The Morgan fingerprint density at radius 1 is 1.06 bits per heavy atom. The molecule has 36 heavy (non-hydrogen) atoms. The smallest absolute Gasteiger partial charge is 0.258 e. The van der Waals surface area contributed by atoms with Gasteiger partial charge in [-0.3, -0.25) is 14.6 Å². The van der Waals surface area contributed by atoms with Crippen molar-refractivity contribution in [2.45, 2.75) is 32.1 Å². The molecule has 3 aromatic rings. The molecule has 2 amide bonds. The van der Waals surface area contributed by atoms with Gasteiger partial charge in [-0.2, -0.15) is 0 Å². The zero-order valence-electron chi connectivity index (χ0n) is 20.1. The highest BCUT2D eigenvalue weighted by Gasteiger charge is 2.42. The Labute approximate surface area is 215 Å². The molecule has 2 aliphatic rings. The molecule has 1 aliphatic carbocycles. The third-order valence-electron chi connectivity index (χ3n) is 7.38. The summed E-state index contributed by atoms with van der Waals surface area (Å²) in [6.45, 7) is 0.616. The van der Waals surface area contributed by atoms with E-state index in [4.69, 9.17) is 11.6 Å². The molecule has 1 spiro atoms. The van der Waals surface area contributed by atoms with Crippen molar-refractivity contribution in [2.24, 2.45) is 10.4 Å². The Morgan fingerprint density at radius 3 is 2.61 bits per heavy atom. The van der Waals surface area contributed by atoms with Crippen LogP contribution >= 0.6 is 11.6 Å². The summed E-state index contributed by atoms with van der Waals surface area (Å²) in [5.74, 6) is -1.14. The van der Waals surface area contributed by atoms with Gasteiger partial charge in [-0.05, 0) is 86.2 Å². The monoisotopic (exact) mass is 503 g/mol. The second kappa shape index (κ2) is 9.86. The molecule has 1 unspecified atom stereocenters. The molecule has 7 heteroatoms. The van der Waals surface area contributed by atoms with Gasteiger partial charge in [0.15, 0.2) is 0 Å². The third kappa shape index (κ3) is 4.53. The topological polar surface area (TPSA) is 61.8 Å². The normalized spacial score (nSPS) is 20.3. The fourth-order valence-corrected chi connectivity index (χ4v) is 5.77. The number of hydrogen-bond acceptors (Lipinski definition) is 3. The number of carbonyl (C=O) groups excluding carboxylic acids is 2. The second-order valence-corrected chi connectivity index (χ2v) is 9.88. The van der Waals surface area contributed by atoms with E-state index in [9.17, 15) is 14.0 Å². The van der Waals surface area contributed by atoms with Crippen molar-refractivity contribution in [1.82, 2.24) is 0 Å². The van der Waals surface area contributed by atoms with Gasteiger partial charge in [0.25, 0.3) is 11.8 Å². The highest BCUT2D eigenvalue weighted by molar-refractivity contribution is 6.34. The van der Waals surface area contributed by atoms with E-state index >= 15 is 0 Å². The summed E-state index contributed by atoms with van der Waals surface area (Å²) in [5.41, 5.74) is 4.47. The van der Waals surface area contributed by atoms with E-state index in [1.54, 1.807) is 24.3 Å². The van der Waals surface area contributed by atoms with Gasteiger partial charge in [-0.15, -0.1) is 0 Å². The van der Waals surface area contributed by atoms with E-state index in [2.05, 4.69) is 16.4 Å². The average molecular weight is 504 g/mol. The van der Waals surface area contributed by atoms with Crippen LogP contribution in [0.1, 0.15) is 52.0 Å². The minimum absolute atomic E-state index is 0.0200. The molecule has 0 radical (unpaired) electrons. The van der Waals surface area contributed by atoms with Crippen LogP contribution in [-0.4, -0.2) is 31.1 Å². The average Bonchev–Trinajstić information content (AvgIpc) is 3.20. The van der Waals surface area contributed by atoms with E-state index in [0.29, 0.717) is 17.8 Å². The fourth-order valence-electron chi connectivity index (χ4n) is 5.57. The molecule has 1 atom stereocenters. The molecule has 5 rings (SSSR count). The van der Waals surface area contributed by atoms with E-state index in [-0.39, 0.29) is 21.9 Å². The zero-order chi connectivity index (χ0) is 25.3. The summed E-state index contributed by atoms with van der Waals surface area (Å²) in [5, 5.41) is 2.88. The molecule has 5 nitrogen and oxygen atoms in total. The first kappa shape index (κ1) is 24.2. The van der Waals surface area contributed by atoms with Gasteiger partial charge in [0.2, 0.25) is 0 Å². The standard InChI is InChI=1S/C29H27ClFN3O2/c1-32-26-7-4-14-29(26)15-16-34(25-6-3-2-5-20(25)18-29)28(36)19-8-11-22(12-9-19)33-27(35)23-17-21(31)10-13-24(23)30/h2-3,5-6,8-13,17H,4,7,14-16,18H2,1H3,(H,33,35)/b32-26+. The maximum atomic E-state index is 13.7. The molecule has 3 aromatic carbocycles. The molecular weight excluding hydrogens is 477 g/mol. The number of hydrogen-bond donors (Lipinski definition) is 1. The van der Waals surface area contributed by atoms with Gasteiger partial charge in [0, 0.05) is 41.7 Å². The number of para-hydroxylation sites is 1. The molecule has 0 saturated heterocycles. The highest BCUT2D eigenvalue weighted by atomic mass is 35.5. The number of nitrogens with one attached hydrogen (secondary N) is 1. The zero-order valence-corrected chi connectivity index (χ0v) is 20.8. The molecule has 1 aliphatic heterocycles. The molecule has 1 saturated carbocycles. The maximum Gasteiger partial charge on any atom is 0.258 e. The van der Waals surface area contributed by atoms with Crippen LogP contribution < -0.4 is 10.2 Å². The van der Waals surface area contributed by atoms with Crippen molar-refractivity contribution in [3.63, 3.8) is 0 Å².